The molecule has 1 amide bonds. The number of hydrogen-bond donors (Lipinski definition) is 1. The molecule has 1 aromatic heterocycles. The summed E-state index contributed by atoms with van der Waals surface area (Å²) in [6, 6.07) is 7.68. The van der Waals surface area contributed by atoms with Crippen LogP contribution in [0, 0.1) is 25.7 Å². The average Bonchev–Trinajstić information content (AvgIpc) is 2.66. The second-order valence-corrected chi connectivity index (χ2v) is 8.15. The average molecular weight is 397 g/mol. The molecule has 156 valence electrons. The Bertz CT molecular complexity index is 841. The van der Waals surface area contributed by atoms with Crippen LogP contribution in [0.15, 0.2) is 36.7 Å². The van der Waals surface area contributed by atoms with E-state index >= 15 is 0 Å². The maximum absolute atomic E-state index is 12.7. The zero-order valence-corrected chi connectivity index (χ0v) is 18.3. The number of carbonyl (C=O) groups excluding carboxylic acids is 2. The molecule has 0 fully saturated rings. The summed E-state index contributed by atoms with van der Waals surface area (Å²) in [6.45, 7) is 10.2. The Labute approximate surface area is 173 Å². The van der Waals surface area contributed by atoms with Gasteiger partial charge in [-0.15, -0.1) is 0 Å². The van der Waals surface area contributed by atoms with Crippen molar-refractivity contribution in [2.24, 2.45) is 11.8 Å². The topological polar surface area (TPSA) is 68.3 Å². The van der Waals surface area contributed by atoms with Crippen molar-refractivity contribution >= 4 is 11.9 Å². The molecule has 0 saturated heterocycles. The lowest BCUT2D eigenvalue weighted by Crippen LogP contribution is -2.34. The van der Waals surface area contributed by atoms with Gasteiger partial charge in [-0.05, 0) is 54.5 Å². The van der Waals surface area contributed by atoms with E-state index in [1.165, 1.54) is 7.11 Å². The van der Waals surface area contributed by atoms with Crippen molar-refractivity contribution in [3.8, 4) is 11.1 Å². The molecule has 0 bridgehead atoms. The third kappa shape index (κ3) is 6.14. The highest BCUT2D eigenvalue weighted by molar-refractivity contribution is 5.80. The fourth-order valence-corrected chi connectivity index (χ4v) is 3.69. The molecule has 0 spiro atoms. The SMILES string of the molecule is COC(=O)C[C@H](NC(=O)C(C)CC(C)C)c1cncc(-c2c(C)cccc2C)c1. The van der Waals surface area contributed by atoms with Gasteiger partial charge in [-0.1, -0.05) is 39.0 Å². The summed E-state index contributed by atoms with van der Waals surface area (Å²) >= 11 is 0. The Morgan fingerprint density at radius 2 is 1.76 bits per heavy atom. The van der Waals surface area contributed by atoms with E-state index in [0.29, 0.717) is 5.92 Å². The number of carbonyl (C=O) groups is 2. The van der Waals surface area contributed by atoms with E-state index in [0.717, 1.165) is 34.2 Å². The first-order valence-electron chi connectivity index (χ1n) is 10.1. The van der Waals surface area contributed by atoms with Crippen molar-refractivity contribution in [2.45, 2.75) is 53.5 Å². The van der Waals surface area contributed by atoms with Crippen LogP contribution in [-0.2, 0) is 14.3 Å². The largest absolute Gasteiger partial charge is 0.469 e. The van der Waals surface area contributed by atoms with Crippen molar-refractivity contribution in [1.29, 1.82) is 0 Å². The van der Waals surface area contributed by atoms with Crippen LogP contribution in [0.4, 0.5) is 0 Å². The highest BCUT2D eigenvalue weighted by Crippen LogP contribution is 2.29. The molecule has 1 aromatic carbocycles. The third-order valence-electron chi connectivity index (χ3n) is 5.12. The summed E-state index contributed by atoms with van der Waals surface area (Å²) < 4.78 is 4.85. The molecule has 2 aromatic rings. The number of benzene rings is 1. The first-order valence-corrected chi connectivity index (χ1v) is 10.1. The molecule has 0 aliphatic heterocycles. The van der Waals surface area contributed by atoms with Gasteiger partial charge in [0, 0.05) is 23.9 Å². The van der Waals surface area contributed by atoms with E-state index in [1.54, 1.807) is 6.20 Å². The Balaban J connectivity index is 2.36. The number of esters is 1. The molecular weight excluding hydrogens is 364 g/mol. The normalized spacial score (nSPS) is 13.1. The molecule has 0 radical (unpaired) electrons. The lowest BCUT2D eigenvalue weighted by molar-refractivity contribution is -0.141. The zero-order valence-electron chi connectivity index (χ0n) is 18.3. The molecule has 29 heavy (non-hydrogen) atoms. The number of hydrogen-bond acceptors (Lipinski definition) is 4. The molecule has 1 unspecified atom stereocenters. The lowest BCUT2D eigenvalue weighted by Gasteiger charge is -2.22. The van der Waals surface area contributed by atoms with Gasteiger partial charge in [0.2, 0.25) is 5.91 Å². The summed E-state index contributed by atoms with van der Waals surface area (Å²) in [4.78, 5) is 29.1. The smallest absolute Gasteiger partial charge is 0.307 e. The molecule has 1 N–H and O–H groups in total. The Morgan fingerprint density at radius 1 is 1.10 bits per heavy atom. The van der Waals surface area contributed by atoms with Crippen LogP contribution < -0.4 is 5.32 Å². The molecule has 2 rings (SSSR count). The van der Waals surface area contributed by atoms with Crippen LogP contribution in [0.3, 0.4) is 0 Å². The lowest BCUT2D eigenvalue weighted by atomic mass is 9.94. The molecule has 0 saturated carbocycles. The number of amides is 1. The minimum atomic E-state index is -0.485. The summed E-state index contributed by atoms with van der Waals surface area (Å²) in [6.07, 6.45) is 4.38. The standard InChI is InChI=1S/C24H32N2O3/c1-15(2)10-18(5)24(28)26-21(12-22(27)29-6)19-11-20(14-25-13-19)23-16(3)8-7-9-17(23)4/h7-9,11,13-15,18,21H,10,12H2,1-6H3,(H,26,28)/t18?,21-/m0/s1. The van der Waals surface area contributed by atoms with E-state index in [4.69, 9.17) is 4.74 Å². The number of methoxy groups -OCH3 is 1. The van der Waals surface area contributed by atoms with E-state index in [1.807, 2.05) is 25.3 Å². The summed E-state index contributed by atoms with van der Waals surface area (Å²) in [5, 5.41) is 3.03. The third-order valence-corrected chi connectivity index (χ3v) is 5.12. The number of nitrogens with zero attached hydrogens (tertiary/aromatic N) is 1. The number of aryl methyl sites for hydroxylation is 2. The molecule has 2 atom stereocenters. The van der Waals surface area contributed by atoms with Crippen LogP contribution in [-0.4, -0.2) is 24.0 Å². The van der Waals surface area contributed by atoms with Gasteiger partial charge >= 0.3 is 5.97 Å². The van der Waals surface area contributed by atoms with Gasteiger partial charge in [-0.2, -0.15) is 0 Å². The Morgan fingerprint density at radius 3 is 2.34 bits per heavy atom. The quantitative estimate of drug-likeness (QED) is 0.653. The van der Waals surface area contributed by atoms with Crippen LogP contribution in [0.25, 0.3) is 11.1 Å². The highest BCUT2D eigenvalue weighted by atomic mass is 16.5. The van der Waals surface area contributed by atoms with Gasteiger partial charge in [-0.25, -0.2) is 0 Å². The monoisotopic (exact) mass is 396 g/mol. The number of pyridine rings is 1. The number of rotatable bonds is 8. The highest BCUT2D eigenvalue weighted by Gasteiger charge is 2.23. The second kappa shape index (κ2) is 10.2. The van der Waals surface area contributed by atoms with E-state index in [-0.39, 0.29) is 24.2 Å². The van der Waals surface area contributed by atoms with Crippen molar-refractivity contribution in [2.75, 3.05) is 7.11 Å². The minimum absolute atomic E-state index is 0.0640. The molecular formula is C24H32N2O3. The van der Waals surface area contributed by atoms with Gasteiger partial charge in [0.15, 0.2) is 0 Å². The number of nitrogens with one attached hydrogen (secondary N) is 1. The number of aromatic nitrogens is 1. The maximum Gasteiger partial charge on any atom is 0.307 e. The van der Waals surface area contributed by atoms with Gasteiger partial charge in [-0.3, -0.25) is 14.6 Å². The first kappa shape index (κ1) is 22.6. The second-order valence-electron chi connectivity index (χ2n) is 8.15. The number of ether oxygens (including phenoxy) is 1. The zero-order chi connectivity index (χ0) is 21.6. The van der Waals surface area contributed by atoms with Gasteiger partial charge in [0.25, 0.3) is 0 Å². The van der Waals surface area contributed by atoms with Crippen LogP contribution in [0.2, 0.25) is 0 Å². The molecule has 1 heterocycles. The van der Waals surface area contributed by atoms with Crippen molar-refractivity contribution in [3.63, 3.8) is 0 Å². The van der Waals surface area contributed by atoms with Crippen LogP contribution in [0.1, 0.15) is 56.3 Å². The molecule has 0 aliphatic carbocycles. The van der Waals surface area contributed by atoms with E-state index in [2.05, 4.69) is 50.1 Å². The predicted molar refractivity (Wildman–Crippen MR) is 115 cm³/mol. The van der Waals surface area contributed by atoms with Gasteiger partial charge in [0.1, 0.15) is 0 Å². The van der Waals surface area contributed by atoms with Gasteiger partial charge < -0.3 is 10.1 Å². The Hall–Kier alpha value is -2.69. The van der Waals surface area contributed by atoms with Crippen molar-refractivity contribution in [3.05, 3.63) is 53.3 Å². The first-order chi connectivity index (χ1) is 13.7. The van der Waals surface area contributed by atoms with Crippen molar-refractivity contribution in [1.82, 2.24) is 10.3 Å². The summed E-state index contributed by atoms with van der Waals surface area (Å²) in [5.41, 5.74) is 5.20. The summed E-state index contributed by atoms with van der Waals surface area (Å²) in [5.74, 6) is -0.150. The fourth-order valence-electron chi connectivity index (χ4n) is 3.69. The molecule has 0 aliphatic rings. The minimum Gasteiger partial charge on any atom is -0.469 e. The maximum atomic E-state index is 12.7. The van der Waals surface area contributed by atoms with Crippen molar-refractivity contribution < 1.29 is 14.3 Å². The predicted octanol–water partition coefficient (Wildman–Crippen LogP) is 4.77. The van der Waals surface area contributed by atoms with Gasteiger partial charge in [0.05, 0.1) is 19.6 Å². The molecule has 5 heteroatoms. The van der Waals surface area contributed by atoms with Crippen LogP contribution >= 0.6 is 0 Å². The fraction of sp³-hybridized carbons (Fsp3) is 0.458. The molecule has 5 nitrogen and oxygen atoms in total. The van der Waals surface area contributed by atoms with E-state index in [9.17, 15) is 9.59 Å². The van der Waals surface area contributed by atoms with E-state index < -0.39 is 6.04 Å². The summed E-state index contributed by atoms with van der Waals surface area (Å²) in [7, 11) is 1.36. The Kier molecular flexibility index (Phi) is 7.94. The van der Waals surface area contributed by atoms with Crippen LogP contribution in [0.5, 0.6) is 0 Å².